The number of amides is 1. The van der Waals surface area contributed by atoms with Crippen molar-refractivity contribution in [3.8, 4) is 0 Å². The van der Waals surface area contributed by atoms with Crippen molar-refractivity contribution in [3.63, 3.8) is 0 Å². The van der Waals surface area contributed by atoms with E-state index in [0.29, 0.717) is 0 Å². The van der Waals surface area contributed by atoms with E-state index in [1.54, 1.807) is 11.3 Å². The lowest BCUT2D eigenvalue weighted by atomic mass is 9.99. The van der Waals surface area contributed by atoms with Gasteiger partial charge in [0.15, 0.2) is 0 Å². The van der Waals surface area contributed by atoms with Crippen LogP contribution in [0.25, 0.3) is 0 Å². The topological polar surface area (TPSA) is 20.3 Å². The molecule has 1 aromatic rings. The van der Waals surface area contributed by atoms with Crippen LogP contribution in [0.3, 0.4) is 0 Å². The molecule has 3 heteroatoms. The van der Waals surface area contributed by atoms with Crippen LogP contribution in [0, 0.1) is 5.92 Å². The molecule has 0 aromatic carbocycles. The fraction of sp³-hybridized carbons (Fsp3) is 0.615. The maximum Gasteiger partial charge on any atom is 0.263 e. The third-order valence-corrected chi connectivity index (χ3v) is 4.51. The lowest BCUT2D eigenvalue weighted by molar-refractivity contribution is 0.0702. The molecule has 1 aromatic heterocycles. The van der Waals surface area contributed by atoms with E-state index in [1.165, 1.54) is 4.88 Å². The highest BCUT2D eigenvalue weighted by atomic mass is 32.1. The molecule has 0 bridgehead atoms. The molecule has 0 N–H and O–H groups in total. The number of piperidine rings is 1. The van der Waals surface area contributed by atoms with Crippen LogP contribution in [-0.4, -0.2) is 23.9 Å². The Hall–Kier alpha value is -0.830. The highest BCUT2D eigenvalue weighted by molar-refractivity contribution is 7.14. The minimum Gasteiger partial charge on any atom is -0.338 e. The monoisotopic (exact) mass is 237 g/mol. The molecule has 88 valence electrons. The molecule has 1 saturated heterocycles. The van der Waals surface area contributed by atoms with Crippen LogP contribution in [0.1, 0.15) is 41.2 Å². The Kier molecular flexibility index (Phi) is 3.64. The zero-order chi connectivity index (χ0) is 11.5. The second kappa shape index (κ2) is 5.00. The van der Waals surface area contributed by atoms with Gasteiger partial charge in [0.2, 0.25) is 0 Å². The van der Waals surface area contributed by atoms with Crippen molar-refractivity contribution in [1.29, 1.82) is 0 Å². The van der Waals surface area contributed by atoms with Gasteiger partial charge in [0, 0.05) is 18.0 Å². The van der Waals surface area contributed by atoms with Crippen LogP contribution in [0.4, 0.5) is 0 Å². The molecule has 1 aliphatic rings. The Bertz CT molecular complexity index is 364. The molecule has 1 aliphatic heterocycles. The zero-order valence-corrected chi connectivity index (χ0v) is 10.8. The summed E-state index contributed by atoms with van der Waals surface area (Å²) in [5.41, 5.74) is 0. The van der Waals surface area contributed by atoms with Crippen LogP contribution in [0.5, 0.6) is 0 Å². The van der Waals surface area contributed by atoms with Crippen LogP contribution in [0.15, 0.2) is 12.1 Å². The Morgan fingerprint density at radius 2 is 2.12 bits per heavy atom. The van der Waals surface area contributed by atoms with Crippen LogP contribution >= 0.6 is 11.3 Å². The number of thiophene rings is 1. The van der Waals surface area contributed by atoms with E-state index in [1.807, 2.05) is 11.0 Å². The quantitative estimate of drug-likeness (QED) is 0.773. The molecule has 1 amide bonds. The predicted molar refractivity (Wildman–Crippen MR) is 68.0 cm³/mol. The number of hydrogen-bond acceptors (Lipinski definition) is 2. The van der Waals surface area contributed by atoms with Gasteiger partial charge in [-0.1, -0.05) is 13.8 Å². The molecular formula is C13H19NOS. The Balaban J connectivity index is 2.01. The number of hydrogen-bond donors (Lipinski definition) is 0. The fourth-order valence-electron chi connectivity index (χ4n) is 2.05. The number of rotatable bonds is 2. The summed E-state index contributed by atoms with van der Waals surface area (Å²) in [6.45, 7) is 6.25. The predicted octanol–water partition coefficient (Wildman–Crippen LogP) is 3.18. The molecule has 0 spiro atoms. The molecule has 2 rings (SSSR count). The first-order chi connectivity index (χ1) is 7.70. The van der Waals surface area contributed by atoms with E-state index in [0.717, 1.165) is 43.1 Å². The summed E-state index contributed by atoms with van der Waals surface area (Å²) in [6.07, 6.45) is 3.32. The lowest BCUT2D eigenvalue weighted by Crippen LogP contribution is -2.37. The molecular weight excluding hydrogens is 218 g/mol. The number of nitrogens with zero attached hydrogens (tertiary/aromatic N) is 1. The van der Waals surface area contributed by atoms with Crippen molar-refractivity contribution >= 4 is 17.2 Å². The standard InChI is InChI=1S/C13H19NOS/c1-3-11-4-5-12(16-11)13(15)14-8-6-10(2)7-9-14/h4-5,10H,3,6-9H2,1-2H3. The third-order valence-electron chi connectivity index (χ3n) is 3.29. The second-order valence-electron chi connectivity index (χ2n) is 4.59. The van der Waals surface area contributed by atoms with E-state index in [4.69, 9.17) is 0 Å². The molecule has 0 saturated carbocycles. The van der Waals surface area contributed by atoms with Gasteiger partial charge in [-0.3, -0.25) is 4.79 Å². The van der Waals surface area contributed by atoms with E-state index in [9.17, 15) is 4.79 Å². The molecule has 1 fully saturated rings. The summed E-state index contributed by atoms with van der Waals surface area (Å²) in [4.78, 5) is 16.4. The number of carbonyl (C=O) groups excluding carboxylic acids is 1. The third kappa shape index (κ3) is 2.46. The Morgan fingerprint density at radius 1 is 1.44 bits per heavy atom. The van der Waals surface area contributed by atoms with Gasteiger partial charge < -0.3 is 4.90 Å². The SMILES string of the molecule is CCc1ccc(C(=O)N2CCC(C)CC2)s1. The molecule has 16 heavy (non-hydrogen) atoms. The minimum atomic E-state index is 0.233. The molecule has 0 aliphatic carbocycles. The van der Waals surface area contributed by atoms with Crippen LogP contribution < -0.4 is 0 Å². The van der Waals surface area contributed by atoms with E-state index < -0.39 is 0 Å². The Morgan fingerprint density at radius 3 is 2.69 bits per heavy atom. The van der Waals surface area contributed by atoms with Gasteiger partial charge in [0.25, 0.3) is 5.91 Å². The van der Waals surface area contributed by atoms with Gasteiger partial charge in [0.1, 0.15) is 0 Å². The van der Waals surface area contributed by atoms with Crippen molar-refractivity contribution in [3.05, 3.63) is 21.9 Å². The van der Waals surface area contributed by atoms with Crippen LogP contribution in [-0.2, 0) is 6.42 Å². The van der Waals surface area contributed by atoms with Crippen molar-refractivity contribution in [1.82, 2.24) is 4.90 Å². The maximum atomic E-state index is 12.2. The van der Waals surface area contributed by atoms with Crippen molar-refractivity contribution in [2.24, 2.45) is 5.92 Å². The summed E-state index contributed by atoms with van der Waals surface area (Å²) < 4.78 is 0. The summed E-state index contributed by atoms with van der Waals surface area (Å²) >= 11 is 1.64. The molecule has 0 atom stereocenters. The first-order valence-electron chi connectivity index (χ1n) is 6.08. The van der Waals surface area contributed by atoms with Gasteiger partial charge in [0.05, 0.1) is 4.88 Å². The molecule has 2 heterocycles. The number of likely N-dealkylation sites (tertiary alicyclic amines) is 1. The largest absolute Gasteiger partial charge is 0.338 e. The first kappa shape index (κ1) is 11.6. The lowest BCUT2D eigenvalue weighted by Gasteiger charge is -2.29. The minimum absolute atomic E-state index is 0.233. The van der Waals surface area contributed by atoms with Crippen molar-refractivity contribution in [2.75, 3.05) is 13.1 Å². The van der Waals surface area contributed by atoms with Crippen molar-refractivity contribution in [2.45, 2.75) is 33.1 Å². The highest BCUT2D eigenvalue weighted by Crippen LogP contribution is 2.22. The average Bonchev–Trinajstić information content (AvgIpc) is 2.77. The summed E-state index contributed by atoms with van der Waals surface area (Å²) in [5, 5.41) is 0. The van der Waals surface area contributed by atoms with Crippen LogP contribution in [0.2, 0.25) is 0 Å². The van der Waals surface area contributed by atoms with Gasteiger partial charge in [-0.15, -0.1) is 11.3 Å². The smallest absolute Gasteiger partial charge is 0.263 e. The number of aryl methyl sites for hydroxylation is 1. The average molecular weight is 237 g/mol. The first-order valence-corrected chi connectivity index (χ1v) is 6.90. The highest BCUT2D eigenvalue weighted by Gasteiger charge is 2.22. The van der Waals surface area contributed by atoms with Gasteiger partial charge >= 0.3 is 0 Å². The van der Waals surface area contributed by atoms with E-state index >= 15 is 0 Å². The fourth-order valence-corrected chi connectivity index (χ4v) is 2.97. The van der Waals surface area contributed by atoms with E-state index in [-0.39, 0.29) is 5.91 Å². The molecule has 2 nitrogen and oxygen atoms in total. The van der Waals surface area contributed by atoms with Gasteiger partial charge in [-0.2, -0.15) is 0 Å². The normalized spacial score (nSPS) is 17.8. The van der Waals surface area contributed by atoms with Gasteiger partial charge in [-0.05, 0) is 37.3 Å². The summed E-state index contributed by atoms with van der Waals surface area (Å²) in [5.74, 6) is 1.01. The Labute approximate surface area is 101 Å². The molecule has 0 radical (unpaired) electrons. The molecule has 0 unspecified atom stereocenters. The van der Waals surface area contributed by atoms with Gasteiger partial charge in [-0.25, -0.2) is 0 Å². The zero-order valence-electron chi connectivity index (χ0n) is 10.0. The number of carbonyl (C=O) groups is 1. The summed E-state index contributed by atoms with van der Waals surface area (Å²) in [6, 6.07) is 4.05. The second-order valence-corrected chi connectivity index (χ2v) is 5.76. The van der Waals surface area contributed by atoms with Crippen molar-refractivity contribution < 1.29 is 4.79 Å². The summed E-state index contributed by atoms with van der Waals surface area (Å²) in [7, 11) is 0. The maximum absolute atomic E-state index is 12.2. The van der Waals surface area contributed by atoms with E-state index in [2.05, 4.69) is 19.9 Å².